The number of anilines is 1. The van der Waals surface area contributed by atoms with Crippen LogP contribution < -0.4 is 4.90 Å². The molecule has 2 rings (SSSR count). The topological polar surface area (TPSA) is 41.9 Å². The van der Waals surface area contributed by atoms with Crippen molar-refractivity contribution in [1.82, 2.24) is 15.2 Å². The minimum absolute atomic E-state index is 0.519. The van der Waals surface area contributed by atoms with Crippen LogP contribution in [0.15, 0.2) is 0 Å². The Morgan fingerprint density at radius 2 is 1.94 bits per heavy atom. The van der Waals surface area contributed by atoms with Gasteiger partial charge in [0.25, 0.3) is 0 Å². The normalized spacial score (nSPS) is 24.3. The molecule has 0 amide bonds. The third kappa shape index (κ3) is 2.82. The number of aryl methyl sites for hydroxylation is 2. The standard InChI is InChI=1S/C13H21BrN4/c1-4-11-12(5-2)16-17-13(15-11)18-7-6-9(3)10(14)8-18/h9-10H,4-8H2,1-3H3. The lowest BCUT2D eigenvalue weighted by atomic mass is 9.99. The molecule has 0 aromatic carbocycles. The van der Waals surface area contributed by atoms with Gasteiger partial charge in [-0.3, -0.25) is 0 Å². The summed E-state index contributed by atoms with van der Waals surface area (Å²) in [6.07, 6.45) is 3.01. The molecule has 18 heavy (non-hydrogen) atoms. The lowest BCUT2D eigenvalue weighted by Crippen LogP contribution is -2.41. The van der Waals surface area contributed by atoms with Crippen molar-refractivity contribution in [3.63, 3.8) is 0 Å². The Morgan fingerprint density at radius 3 is 2.56 bits per heavy atom. The molecule has 1 aromatic rings. The van der Waals surface area contributed by atoms with Gasteiger partial charge in [0.2, 0.25) is 5.95 Å². The van der Waals surface area contributed by atoms with Crippen LogP contribution in [0.3, 0.4) is 0 Å². The first kappa shape index (κ1) is 13.7. The van der Waals surface area contributed by atoms with E-state index in [-0.39, 0.29) is 0 Å². The van der Waals surface area contributed by atoms with Gasteiger partial charge >= 0.3 is 0 Å². The minimum Gasteiger partial charge on any atom is -0.338 e. The summed E-state index contributed by atoms with van der Waals surface area (Å²) in [4.78, 5) is 7.44. The zero-order chi connectivity index (χ0) is 13.1. The molecular formula is C13H21BrN4. The number of hydrogen-bond donors (Lipinski definition) is 0. The Hall–Kier alpha value is -0.710. The monoisotopic (exact) mass is 312 g/mol. The van der Waals surface area contributed by atoms with Crippen molar-refractivity contribution in [3.05, 3.63) is 11.4 Å². The van der Waals surface area contributed by atoms with Crippen molar-refractivity contribution in [2.45, 2.75) is 44.9 Å². The van der Waals surface area contributed by atoms with Crippen LogP contribution in [0.5, 0.6) is 0 Å². The highest BCUT2D eigenvalue weighted by molar-refractivity contribution is 9.09. The van der Waals surface area contributed by atoms with Gasteiger partial charge in [0.05, 0.1) is 11.4 Å². The minimum atomic E-state index is 0.519. The summed E-state index contributed by atoms with van der Waals surface area (Å²) in [5, 5.41) is 8.60. The number of halogens is 1. The predicted molar refractivity (Wildman–Crippen MR) is 77.3 cm³/mol. The van der Waals surface area contributed by atoms with Crippen molar-refractivity contribution >= 4 is 21.9 Å². The number of hydrogen-bond acceptors (Lipinski definition) is 4. The van der Waals surface area contributed by atoms with E-state index in [1.807, 2.05) is 0 Å². The van der Waals surface area contributed by atoms with E-state index in [0.29, 0.717) is 4.83 Å². The van der Waals surface area contributed by atoms with E-state index >= 15 is 0 Å². The zero-order valence-electron chi connectivity index (χ0n) is 11.4. The Balaban J connectivity index is 2.18. The van der Waals surface area contributed by atoms with Crippen LogP contribution in [0.4, 0.5) is 5.95 Å². The van der Waals surface area contributed by atoms with Crippen LogP contribution in [0, 0.1) is 5.92 Å². The maximum absolute atomic E-state index is 4.68. The lowest BCUT2D eigenvalue weighted by Gasteiger charge is -2.34. The third-order valence-corrected chi connectivity index (χ3v) is 4.84. The quantitative estimate of drug-likeness (QED) is 0.805. The molecule has 1 saturated heterocycles. The molecule has 2 atom stereocenters. The van der Waals surface area contributed by atoms with Crippen LogP contribution in [-0.4, -0.2) is 33.1 Å². The van der Waals surface area contributed by atoms with Crippen molar-refractivity contribution in [2.24, 2.45) is 5.92 Å². The summed E-state index contributed by atoms with van der Waals surface area (Å²) < 4.78 is 0. The number of aromatic nitrogens is 3. The Labute approximate surface area is 117 Å². The van der Waals surface area contributed by atoms with Gasteiger partial charge in [-0.15, -0.1) is 5.10 Å². The summed E-state index contributed by atoms with van der Waals surface area (Å²) in [6.45, 7) is 8.50. The van der Waals surface area contributed by atoms with Gasteiger partial charge in [-0.25, -0.2) is 4.98 Å². The zero-order valence-corrected chi connectivity index (χ0v) is 12.9. The molecule has 0 N–H and O–H groups in total. The molecule has 2 heterocycles. The molecule has 1 aromatic heterocycles. The molecular weight excluding hydrogens is 292 g/mol. The molecule has 0 radical (unpaired) electrons. The molecule has 4 nitrogen and oxygen atoms in total. The second-order valence-electron chi connectivity index (χ2n) is 4.94. The fourth-order valence-electron chi connectivity index (χ4n) is 2.27. The highest BCUT2D eigenvalue weighted by Gasteiger charge is 2.26. The Morgan fingerprint density at radius 1 is 1.22 bits per heavy atom. The second kappa shape index (κ2) is 5.95. The molecule has 0 saturated carbocycles. The number of nitrogens with zero attached hydrogens (tertiary/aromatic N) is 4. The molecule has 2 unspecified atom stereocenters. The van der Waals surface area contributed by atoms with E-state index in [2.05, 4.69) is 56.8 Å². The van der Waals surface area contributed by atoms with Gasteiger partial charge < -0.3 is 4.90 Å². The summed E-state index contributed by atoms with van der Waals surface area (Å²) in [5.74, 6) is 1.51. The molecule has 1 aliphatic heterocycles. The summed E-state index contributed by atoms with van der Waals surface area (Å²) in [6, 6.07) is 0. The van der Waals surface area contributed by atoms with Gasteiger partial charge in [-0.1, -0.05) is 36.7 Å². The third-order valence-electron chi connectivity index (χ3n) is 3.65. The SMILES string of the molecule is CCc1nnc(N2CCC(C)C(Br)C2)nc1CC. The van der Waals surface area contributed by atoms with Crippen LogP contribution >= 0.6 is 15.9 Å². The highest BCUT2D eigenvalue weighted by Crippen LogP contribution is 2.25. The van der Waals surface area contributed by atoms with Crippen LogP contribution in [0.2, 0.25) is 0 Å². The van der Waals surface area contributed by atoms with Gasteiger partial charge in [-0.2, -0.15) is 5.10 Å². The van der Waals surface area contributed by atoms with E-state index in [0.717, 1.165) is 49.2 Å². The first-order chi connectivity index (χ1) is 8.65. The van der Waals surface area contributed by atoms with E-state index in [1.54, 1.807) is 0 Å². The number of alkyl halides is 1. The Bertz CT molecular complexity index is 410. The van der Waals surface area contributed by atoms with Gasteiger partial charge in [0.1, 0.15) is 0 Å². The summed E-state index contributed by atoms with van der Waals surface area (Å²) in [7, 11) is 0. The molecule has 0 spiro atoms. The average Bonchev–Trinajstić information content (AvgIpc) is 2.41. The smallest absolute Gasteiger partial charge is 0.245 e. The van der Waals surface area contributed by atoms with Crippen LogP contribution in [0.1, 0.15) is 38.6 Å². The lowest BCUT2D eigenvalue weighted by molar-refractivity contribution is 0.450. The first-order valence-electron chi connectivity index (χ1n) is 6.77. The molecule has 5 heteroatoms. The van der Waals surface area contributed by atoms with E-state index < -0.39 is 0 Å². The summed E-state index contributed by atoms with van der Waals surface area (Å²) >= 11 is 3.74. The fourth-order valence-corrected chi connectivity index (χ4v) is 2.88. The fraction of sp³-hybridized carbons (Fsp3) is 0.769. The van der Waals surface area contributed by atoms with Crippen molar-refractivity contribution in [1.29, 1.82) is 0 Å². The van der Waals surface area contributed by atoms with Gasteiger partial charge in [-0.05, 0) is 25.2 Å². The maximum Gasteiger partial charge on any atom is 0.245 e. The van der Waals surface area contributed by atoms with Crippen molar-refractivity contribution in [2.75, 3.05) is 18.0 Å². The van der Waals surface area contributed by atoms with Gasteiger partial charge in [0, 0.05) is 17.9 Å². The largest absolute Gasteiger partial charge is 0.338 e. The molecule has 1 fully saturated rings. The highest BCUT2D eigenvalue weighted by atomic mass is 79.9. The van der Waals surface area contributed by atoms with Crippen LogP contribution in [-0.2, 0) is 12.8 Å². The first-order valence-corrected chi connectivity index (χ1v) is 7.68. The molecule has 0 bridgehead atoms. The Kier molecular flexibility index (Phi) is 4.54. The van der Waals surface area contributed by atoms with E-state index in [9.17, 15) is 0 Å². The van der Waals surface area contributed by atoms with Crippen molar-refractivity contribution in [3.8, 4) is 0 Å². The predicted octanol–water partition coefficient (Wildman–Crippen LogP) is 2.61. The van der Waals surface area contributed by atoms with E-state index in [4.69, 9.17) is 0 Å². The van der Waals surface area contributed by atoms with Crippen LogP contribution in [0.25, 0.3) is 0 Å². The number of piperidine rings is 1. The molecule has 100 valence electrons. The molecule has 0 aliphatic carbocycles. The van der Waals surface area contributed by atoms with Crippen molar-refractivity contribution < 1.29 is 0 Å². The second-order valence-corrected chi connectivity index (χ2v) is 6.12. The van der Waals surface area contributed by atoms with Gasteiger partial charge in [0.15, 0.2) is 0 Å². The summed E-state index contributed by atoms with van der Waals surface area (Å²) in [5.41, 5.74) is 2.12. The average molecular weight is 313 g/mol. The maximum atomic E-state index is 4.68. The number of rotatable bonds is 3. The van der Waals surface area contributed by atoms with E-state index in [1.165, 1.54) is 6.42 Å². The molecule has 1 aliphatic rings.